The Bertz CT molecular complexity index is 275. The van der Waals surface area contributed by atoms with Crippen LogP contribution in [-0.2, 0) is 0 Å². The highest BCUT2D eigenvalue weighted by Gasteiger charge is 2.15. The van der Waals surface area contributed by atoms with E-state index in [0.717, 1.165) is 6.04 Å². The Balaban J connectivity index is 1.88. The van der Waals surface area contributed by atoms with Gasteiger partial charge in [0.05, 0.1) is 0 Å². The van der Waals surface area contributed by atoms with Crippen LogP contribution in [-0.4, -0.2) is 6.04 Å². The lowest BCUT2D eigenvalue weighted by molar-refractivity contribution is 0.347. The fraction of sp³-hybridized carbons (Fsp3) is 0.571. The van der Waals surface area contributed by atoms with Crippen LogP contribution in [0.1, 0.15) is 50.6 Å². The van der Waals surface area contributed by atoms with Gasteiger partial charge in [0.2, 0.25) is 0 Å². The molecule has 1 aliphatic rings. The zero-order valence-corrected chi connectivity index (χ0v) is 9.58. The minimum atomic E-state index is 0.495. The van der Waals surface area contributed by atoms with E-state index >= 15 is 0 Å². The van der Waals surface area contributed by atoms with Crippen molar-refractivity contribution in [2.45, 2.75) is 51.1 Å². The number of hydrogen-bond acceptors (Lipinski definition) is 1. The molecule has 1 N–H and O–H groups in total. The standard InChI is InChI=1S/C14H21N/c1-12(13-8-4-2-5-9-13)15-14-10-6-3-7-11-14/h2,4-5,8-9,12,14-15H,3,6-7,10-11H2,1H3/t12-/m1/s1. The topological polar surface area (TPSA) is 12.0 Å². The van der Waals surface area contributed by atoms with E-state index < -0.39 is 0 Å². The molecule has 1 atom stereocenters. The molecule has 0 radical (unpaired) electrons. The quantitative estimate of drug-likeness (QED) is 0.790. The molecule has 1 heteroatoms. The average molecular weight is 203 g/mol. The van der Waals surface area contributed by atoms with Gasteiger partial charge < -0.3 is 5.32 Å². The maximum absolute atomic E-state index is 3.74. The SMILES string of the molecule is C[C@@H](NC1CCCCC1)c1ccccc1. The van der Waals surface area contributed by atoms with Crippen molar-refractivity contribution in [3.8, 4) is 0 Å². The summed E-state index contributed by atoms with van der Waals surface area (Å²) in [5, 5.41) is 3.74. The van der Waals surface area contributed by atoms with Crippen LogP contribution in [0.3, 0.4) is 0 Å². The number of rotatable bonds is 3. The summed E-state index contributed by atoms with van der Waals surface area (Å²) in [6, 6.07) is 12.0. The van der Waals surface area contributed by atoms with Crippen LogP contribution in [0.5, 0.6) is 0 Å². The van der Waals surface area contributed by atoms with E-state index in [-0.39, 0.29) is 0 Å². The molecule has 1 fully saturated rings. The fourth-order valence-corrected chi connectivity index (χ4v) is 2.46. The van der Waals surface area contributed by atoms with Crippen LogP contribution in [0.15, 0.2) is 30.3 Å². The zero-order valence-electron chi connectivity index (χ0n) is 9.58. The third kappa shape index (κ3) is 3.07. The highest BCUT2D eigenvalue weighted by molar-refractivity contribution is 5.18. The van der Waals surface area contributed by atoms with Gasteiger partial charge >= 0.3 is 0 Å². The van der Waals surface area contributed by atoms with Gasteiger partial charge in [-0.2, -0.15) is 0 Å². The van der Waals surface area contributed by atoms with Gasteiger partial charge in [-0.15, -0.1) is 0 Å². The summed E-state index contributed by atoms with van der Waals surface area (Å²) in [7, 11) is 0. The molecule has 0 amide bonds. The molecule has 0 saturated heterocycles. The smallest absolute Gasteiger partial charge is 0.0294 e. The molecule has 0 aliphatic heterocycles. The first-order valence-corrected chi connectivity index (χ1v) is 6.17. The summed E-state index contributed by atoms with van der Waals surface area (Å²) in [6.07, 6.45) is 6.95. The van der Waals surface area contributed by atoms with Crippen molar-refractivity contribution in [2.75, 3.05) is 0 Å². The summed E-state index contributed by atoms with van der Waals surface area (Å²) in [5.74, 6) is 0. The van der Waals surface area contributed by atoms with Gasteiger partial charge in [0.15, 0.2) is 0 Å². The predicted molar refractivity (Wildman–Crippen MR) is 64.9 cm³/mol. The van der Waals surface area contributed by atoms with E-state index in [0.29, 0.717) is 6.04 Å². The lowest BCUT2D eigenvalue weighted by Gasteiger charge is -2.26. The summed E-state index contributed by atoms with van der Waals surface area (Å²) in [4.78, 5) is 0. The first-order valence-electron chi connectivity index (χ1n) is 6.17. The molecular weight excluding hydrogens is 182 g/mol. The lowest BCUT2D eigenvalue weighted by Crippen LogP contribution is -2.33. The Kier molecular flexibility index (Phi) is 3.79. The Labute approximate surface area is 92.9 Å². The van der Waals surface area contributed by atoms with Crippen LogP contribution in [0, 0.1) is 0 Å². The average Bonchev–Trinajstić information content (AvgIpc) is 2.31. The van der Waals surface area contributed by atoms with Crippen molar-refractivity contribution >= 4 is 0 Å². The van der Waals surface area contributed by atoms with E-state index in [1.165, 1.54) is 37.7 Å². The second-order valence-electron chi connectivity index (χ2n) is 4.63. The van der Waals surface area contributed by atoms with E-state index in [4.69, 9.17) is 0 Å². The largest absolute Gasteiger partial charge is 0.307 e. The molecule has 0 bridgehead atoms. The molecule has 1 saturated carbocycles. The van der Waals surface area contributed by atoms with E-state index in [1.54, 1.807) is 0 Å². The van der Waals surface area contributed by atoms with E-state index in [1.807, 2.05) is 0 Å². The van der Waals surface area contributed by atoms with Crippen LogP contribution >= 0.6 is 0 Å². The third-order valence-corrected chi connectivity index (χ3v) is 3.39. The van der Waals surface area contributed by atoms with Gasteiger partial charge in [0.25, 0.3) is 0 Å². The molecule has 2 rings (SSSR count). The van der Waals surface area contributed by atoms with Crippen molar-refractivity contribution in [1.29, 1.82) is 0 Å². The van der Waals surface area contributed by atoms with Gasteiger partial charge in [0.1, 0.15) is 0 Å². The molecule has 82 valence electrons. The summed E-state index contributed by atoms with van der Waals surface area (Å²) >= 11 is 0. The number of hydrogen-bond donors (Lipinski definition) is 1. The maximum Gasteiger partial charge on any atom is 0.0294 e. The number of nitrogens with one attached hydrogen (secondary N) is 1. The fourth-order valence-electron chi connectivity index (χ4n) is 2.46. The molecule has 1 aromatic carbocycles. The Morgan fingerprint density at radius 3 is 2.40 bits per heavy atom. The van der Waals surface area contributed by atoms with Gasteiger partial charge in [-0.25, -0.2) is 0 Å². The predicted octanol–water partition coefficient (Wildman–Crippen LogP) is 3.67. The molecule has 0 aromatic heterocycles. The summed E-state index contributed by atoms with van der Waals surface area (Å²) in [5.41, 5.74) is 1.41. The van der Waals surface area contributed by atoms with Crippen molar-refractivity contribution < 1.29 is 0 Å². The molecule has 0 heterocycles. The van der Waals surface area contributed by atoms with Crippen LogP contribution in [0.4, 0.5) is 0 Å². The summed E-state index contributed by atoms with van der Waals surface area (Å²) in [6.45, 7) is 2.27. The first kappa shape index (κ1) is 10.7. The van der Waals surface area contributed by atoms with E-state index in [9.17, 15) is 0 Å². The second kappa shape index (κ2) is 5.32. The maximum atomic E-state index is 3.74. The highest BCUT2D eigenvalue weighted by Crippen LogP contribution is 2.21. The zero-order chi connectivity index (χ0) is 10.5. The molecule has 1 aromatic rings. The van der Waals surface area contributed by atoms with Crippen molar-refractivity contribution in [3.63, 3.8) is 0 Å². The molecule has 15 heavy (non-hydrogen) atoms. The van der Waals surface area contributed by atoms with Gasteiger partial charge in [-0.1, -0.05) is 49.6 Å². The minimum absolute atomic E-state index is 0.495. The molecular formula is C14H21N. The second-order valence-corrected chi connectivity index (χ2v) is 4.63. The normalized spacial score (nSPS) is 20.1. The highest BCUT2D eigenvalue weighted by atomic mass is 14.9. The molecule has 0 unspecified atom stereocenters. The molecule has 1 aliphatic carbocycles. The Morgan fingerprint density at radius 2 is 1.73 bits per heavy atom. The van der Waals surface area contributed by atoms with Crippen molar-refractivity contribution in [1.82, 2.24) is 5.32 Å². The number of benzene rings is 1. The lowest BCUT2D eigenvalue weighted by atomic mass is 9.94. The third-order valence-electron chi connectivity index (χ3n) is 3.39. The minimum Gasteiger partial charge on any atom is -0.307 e. The van der Waals surface area contributed by atoms with Gasteiger partial charge in [-0.05, 0) is 25.3 Å². The Morgan fingerprint density at radius 1 is 1.07 bits per heavy atom. The monoisotopic (exact) mass is 203 g/mol. The van der Waals surface area contributed by atoms with Gasteiger partial charge in [-0.3, -0.25) is 0 Å². The molecule has 0 spiro atoms. The van der Waals surface area contributed by atoms with Crippen LogP contribution in [0.25, 0.3) is 0 Å². The van der Waals surface area contributed by atoms with Crippen molar-refractivity contribution in [2.24, 2.45) is 0 Å². The van der Waals surface area contributed by atoms with Crippen LogP contribution < -0.4 is 5.32 Å². The van der Waals surface area contributed by atoms with Gasteiger partial charge in [0, 0.05) is 12.1 Å². The summed E-state index contributed by atoms with van der Waals surface area (Å²) < 4.78 is 0. The van der Waals surface area contributed by atoms with Crippen LogP contribution in [0.2, 0.25) is 0 Å². The van der Waals surface area contributed by atoms with E-state index in [2.05, 4.69) is 42.6 Å². The molecule has 1 nitrogen and oxygen atoms in total. The Hall–Kier alpha value is -0.820. The first-order chi connectivity index (χ1) is 7.36. The van der Waals surface area contributed by atoms with Crippen molar-refractivity contribution in [3.05, 3.63) is 35.9 Å².